The molecule has 1 saturated carbocycles. The first kappa shape index (κ1) is 15.8. The van der Waals surface area contributed by atoms with Crippen LogP contribution < -0.4 is 5.32 Å². The topological polar surface area (TPSA) is 52.6 Å². The SMILES string of the molecule is CC(C)c1ccc(O)c(C(=O)NCC(C)N(C)C2CC2)c1. The molecule has 0 spiro atoms. The Labute approximate surface area is 127 Å². The van der Waals surface area contributed by atoms with Crippen LogP contribution in [0.5, 0.6) is 5.75 Å². The number of aromatic hydroxyl groups is 1. The number of phenols is 1. The van der Waals surface area contributed by atoms with Crippen LogP contribution in [0.15, 0.2) is 18.2 Å². The standard InChI is InChI=1S/C17H26N2O2/c1-11(2)13-5-8-16(20)15(9-13)17(21)18-10-12(3)19(4)14-6-7-14/h5,8-9,11-12,14,20H,6-7,10H2,1-4H3,(H,18,21). The second-order valence-electron chi connectivity index (χ2n) is 6.39. The van der Waals surface area contributed by atoms with Gasteiger partial charge in [0.1, 0.15) is 5.75 Å². The maximum atomic E-state index is 12.3. The molecule has 1 aliphatic rings. The highest BCUT2D eigenvalue weighted by molar-refractivity contribution is 5.97. The number of phenolic OH excluding ortho intramolecular Hbond substituents is 1. The molecule has 1 unspecified atom stereocenters. The van der Waals surface area contributed by atoms with Crippen molar-refractivity contribution in [3.05, 3.63) is 29.3 Å². The van der Waals surface area contributed by atoms with Gasteiger partial charge in [0.25, 0.3) is 5.91 Å². The van der Waals surface area contributed by atoms with Gasteiger partial charge in [-0.1, -0.05) is 19.9 Å². The van der Waals surface area contributed by atoms with E-state index in [1.165, 1.54) is 12.8 Å². The number of rotatable bonds is 6. The van der Waals surface area contributed by atoms with Gasteiger partial charge >= 0.3 is 0 Å². The van der Waals surface area contributed by atoms with Crippen molar-refractivity contribution in [2.75, 3.05) is 13.6 Å². The van der Waals surface area contributed by atoms with E-state index in [0.29, 0.717) is 30.1 Å². The van der Waals surface area contributed by atoms with Crippen LogP contribution in [0.3, 0.4) is 0 Å². The molecule has 0 aliphatic heterocycles. The van der Waals surface area contributed by atoms with Gasteiger partial charge in [0.05, 0.1) is 5.56 Å². The van der Waals surface area contributed by atoms with E-state index in [-0.39, 0.29) is 11.7 Å². The molecule has 116 valence electrons. The van der Waals surface area contributed by atoms with Crippen LogP contribution in [-0.4, -0.2) is 41.6 Å². The highest BCUT2D eigenvalue weighted by atomic mass is 16.3. The fraction of sp³-hybridized carbons (Fsp3) is 0.588. The van der Waals surface area contributed by atoms with Crippen molar-refractivity contribution in [3.63, 3.8) is 0 Å². The molecule has 21 heavy (non-hydrogen) atoms. The second kappa shape index (κ2) is 6.48. The molecular weight excluding hydrogens is 264 g/mol. The molecule has 4 nitrogen and oxygen atoms in total. The minimum Gasteiger partial charge on any atom is -0.507 e. The molecule has 1 amide bonds. The summed E-state index contributed by atoms with van der Waals surface area (Å²) >= 11 is 0. The molecule has 1 aromatic carbocycles. The van der Waals surface area contributed by atoms with Crippen LogP contribution in [0.1, 0.15) is 55.5 Å². The number of amides is 1. The van der Waals surface area contributed by atoms with E-state index in [1.807, 2.05) is 6.07 Å². The normalized spacial score (nSPS) is 16.3. The lowest BCUT2D eigenvalue weighted by Crippen LogP contribution is -2.41. The minimum absolute atomic E-state index is 0.0418. The lowest BCUT2D eigenvalue weighted by Gasteiger charge is -2.24. The third-order valence-corrected chi connectivity index (χ3v) is 4.31. The number of nitrogens with one attached hydrogen (secondary N) is 1. The molecule has 1 aliphatic carbocycles. The van der Waals surface area contributed by atoms with Gasteiger partial charge in [-0.2, -0.15) is 0 Å². The van der Waals surface area contributed by atoms with E-state index >= 15 is 0 Å². The summed E-state index contributed by atoms with van der Waals surface area (Å²) in [6, 6.07) is 6.22. The van der Waals surface area contributed by atoms with E-state index in [4.69, 9.17) is 0 Å². The summed E-state index contributed by atoms with van der Waals surface area (Å²) in [5.74, 6) is 0.170. The Morgan fingerprint density at radius 3 is 2.62 bits per heavy atom. The third kappa shape index (κ3) is 3.97. The highest BCUT2D eigenvalue weighted by Crippen LogP contribution is 2.27. The maximum Gasteiger partial charge on any atom is 0.255 e. The molecule has 1 aromatic rings. The Morgan fingerprint density at radius 1 is 1.38 bits per heavy atom. The average Bonchev–Trinajstić information content (AvgIpc) is 3.28. The van der Waals surface area contributed by atoms with Crippen molar-refractivity contribution in [1.82, 2.24) is 10.2 Å². The fourth-order valence-electron chi connectivity index (χ4n) is 2.42. The highest BCUT2D eigenvalue weighted by Gasteiger charge is 2.29. The zero-order valence-corrected chi connectivity index (χ0v) is 13.4. The number of nitrogens with zero attached hydrogens (tertiary/aromatic N) is 1. The van der Waals surface area contributed by atoms with Crippen molar-refractivity contribution in [2.24, 2.45) is 0 Å². The Hall–Kier alpha value is -1.55. The van der Waals surface area contributed by atoms with E-state index < -0.39 is 0 Å². The molecule has 1 fully saturated rings. The van der Waals surface area contributed by atoms with Crippen molar-refractivity contribution in [1.29, 1.82) is 0 Å². The Bertz CT molecular complexity index is 510. The van der Waals surface area contributed by atoms with Gasteiger partial charge in [0.2, 0.25) is 0 Å². The number of benzene rings is 1. The largest absolute Gasteiger partial charge is 0.507 e. The van der Waals surface area contributed by atoms with E-state index in [2.05, 4.69) is 38.0 Å². The molecule has 1 atom stereocenters. The number of carbonyl (C=O) groups is 1. The summed E-state index contributed by atoms with van der Waals surface area (Å²) in [5.41, 5.74) is 1.42. The summed E-state index contributed by atoms with van der Waals surface area (Å²) in [4.78, 5) is 14.6. The van der Waals surface area contributed by atoms with Crippen LogP contribution >= 0.6 is 0 Å². The van der Waals surface area contributed by atoms with E-state index in [0.717, 1.165) is 5.56 Å². The first-order valence-electron chi connectivity index (χ1n) is 7.73. The van der Waals surface area contributed by atoms with Gasteiger partial charge in [-0.3, -0.25) is 9.69 Å². The van der Waals surface area contributed by atoms with Crippen molar-refractivity contribution >= 4 is 5.91 Å². The molecule has 0 saturated heterocycles. The van der Waals surface area contributed by atoms with Crippen LogP contribution in [0.2, 0.25) is 0 Å². The van der Waals surface area contributed by atoms with Gasteiger partial charge in [0, 0.05) is 18.6 Å². The molecule has 0 aromatic heterocycles. The van der Waals surface area contributed by atoms with Gasteiger partial charge < -0.3 is 10.4 Å². The predicted octanol–water partition coefficient (Wildman–Crippen LogP) is 2.73. The molecule has 4 heteroatoms. The molecular formula is C17H26N2O2. The Morgan fingerprint density at radius 2 is 2.05 bits per heavy atom. The zero-order chi connectivity index (χ0) is 15.6. The molecule has 2 rings (SSSR count). The van der Waals surface area contributed by atoms with Gasteiger partial charge in [-0.15, -0.1) is 0 Å². The number of likely N-dealkylation sites (N-methyl/N-ethyl adjacent to an activating group) is 1. The third-order valence-electron chi connectivity index (χ3n) is 4.31. The monoisotopic (exact) mass is 290 g/mol. The van der Waals surface area contributed by atoms with Crippen molar-refractivity contribution in [2.45, 2.75) is 51.6 Å². The van der Waals surface area contributed by atoms with Crippen LogP contribution in [0, 0.1) is 0 Å². The average molecular weight is 290 g/mol. The lowest BCUT2D eigenvalue weighted by molar-refractivity contribution is 0.0936. The van der Waals surface area contributed by atoms with Gasteiger partial charge in [-0.25, -0.2) is 0 Å². The van der Waals surface area contributed by atoms with Gasteiger partial charge in [0.15, 0.2) is 0 Å². The first-order valence-corrected chi connectivity index (χ1v) is 7.73. The van der Waals surface area contributed by atoms with Crippen LogP contribution in [-0.2, 0) is 0 Å². The predicted molar refractivity (Wildman–Crippen MR) is 84.8 cm³/mol. The second-order valence-corrected chi connectivity index (χ2v) is 6.39. The first-order chi connectivity index (χ1) is 9.90. The van der Waals surface area contributed by atoms with Gasteiger partial charge in [-0.05, 0) is 50.4 Å². The summed E-state index contributed by atoms with van der Waals surface area (Å²) in [5, 5.41) is 12.8. The number of hydrogen-bond acceptors (Lipinski definition) is 3. The number of carbonyl (C=O) groups excluding carboxylic acids is 1. The fourth-order valence-corrected chi connectivity index (χ4v) is 2.42. The summed E-state index contributed by atoms with van der Waals surface area (Å²) < 4.78 is 0. The summed E-state index contributed by atoms with van der Waals surface area (Å²) in [6.45, 7) is 6.85. The van der Waals surface area contributed by atoms with Crippen LogP contribution in [0.4, 0.5) is 0 Å². The molecule has 0 heterocycles. The maximum absolute atomic E-state index is 12.3. The molecule has 2 N–H and O–H groups in total. The minimum atomic E-state index is -0.203. The lowest BCUT2D eigenvalue weighted by atomic mass is 10.00. The smallest absolute Gasteiger partial charge is 0.255 e. The summed E-state index contributed by atoms with van der Waals surface area (Å²) in [7, 11) is 2.10. The zero-order valence-electron chi connectivity index (χ0n) is 13.4. The summed E-state index contributed by atoms with van der Waals surface area (Å²) in [6.07, 6.45) is 2.51. The molecule has 0 bridgehead atoms. The van der Waals surface area contributed by atoms with E-state index in [1.54, 1.807) is 12.1 Å². The van der Waals surface area contributed by atoms with Crippen LogP contribution in [0.25, 0.3) is 0 Å². The van der Waals surface area contributed by atoms with Crippen molar-refractivity contribution in [3.8, 4) is 5.75 Å². The number of hydrogen-bond donors (Lipinski definition) is 2. The quantitative estimate of drug-likeness (QED) is 0.847. The molecule has 0 radical (unpaired) electrons. The Balaban J connectivity index is 1.97. The van der Waals surface area contributed by atoms with E-state index in [9.17, 15) is 9.90 Å². The Kier molecular flexibility index (Phi) is 4.88. The van der Waals surface area contributed by atoms with Crippen molar-refractivity contribution < 1.29 is 9.90 Å².